The molecule has 0 spiro atoms. The zero-order valence-electron chi connectivity index (χ0n) is 15.3. The minimum Gasteiger partial charge on any atom is -0.460 e. The lowest BCUT2D eigenvalue weighted by atomic mass is 10.1. The third-order valence-electron chi connectivity index (χ3n) is 4.13. The first-order valence-electron chi connectivity index (χ1n) is 8.64. The largest absolute Gasteiger partial charge is 0.460 e. The van der Waals surface area contributed by atoms with Crippen LogP contribution in [-0.4, -0.2) is 42.0 Å². The molecule has 1 N–H and O–H groups in total. The highest BCUT2D eigenvalue weighted by molar-refractivity contribution is 6.30. The fourth-order valence-electron chi connectivity index (χ4n) is 2.88. The first kappa shape index (κ1) is 19.7. The Bertz CT molecular complexity index is 610. The number of benzene rings is 1. The van der Waals surface area contributed by atoms with Gasteiger partial charge in [0.05, 0.1) is 18.5 Å². The summed E-state index contributed by atoms with van der Waals surface area (Å²) in [6, 6.07) is 7.34. The van der Waals surface area contributed by atoms with Gasteiger partial charge in [0.2, 0.25) is 5.91 Å². The van der Waals surface area contributed by atoms with Crippen molar-refractivity contribution in [3.63, 3.8) is 0 Å². The van der Waals surface area contributed by atoms with Crippen LogP contribution in [0, 0.1) is 5.92 Å². The summed E-state index contributed by atoms with van der Waals surface area (Å²) in [5, 5.41) is 3.66. The zero-order valence-corrected chi connectivity index (χ0v) is 16.1. The first-order valence-corrected chi connectivity index (χ1v) is 9.02. The molecule has 2 atom stereocenters. The van der Waals surface area contributed by atoms with Crippen LogP contribution < -0.4 is 5.32 Å². The SMILES string of the molecule is C[C@H](NC(=O)CN1CC[C@@H](C(=O)OC(C)(C)C)C1)c1ccc(Cl)cc1. The van der Waals surface area contributed by atoms with E-state index in [-0.39, 0.29) is 30.4 Å². The molecule has 0 bridgehead atoms. The fraction of sp³-hybridized carbons (Fsp3) is 0.579. The molecule has 0 saturated carbocycles. The lowest BCUT2D eigenvalue weighted by Gasteiger charge is -2.22. The zero-order chi connectivity index (χ0) is 18.6. The van der Waals surface area contributed by atoms with E-state index in [1.165, 1.54) is 0 Å². The highest BCUT2D eigenvalue weighted by atomic mass is 35.5. The molecule has 1 aromatic carbocycles. The van der Waals surface area contributed by atoms with Gasteiger partial charge in [-0.3, -0.25) is 14.5 Å². The molecular formula is C19H27ClN2O3. The van der Waals surface area contributed by atoms with E-state index in [1.54, 1.807) is 0 Å². The maximum atomic E-state index is 12.3. The van der Waals surface area contributed by atoms with Crippen molar-refractivity contribution in [2.45, 2.75) is 45.8 Å². The molecule has 25 heavy (non-hydrogen) atoms. The number of nitrogens with zero attached hydrogens (tertiary/aromatic N) is 1. The van der Waals surface area contributed by atoms with Crippen LogP contribution in [0.15, 0.2) is 24.3 Å². The fourth-order valence-corrected chi connectivity index (χ4v) is 3.00. The number of halogens is 1. The van der Waals surface area contributed by atoms with Crippen molar-refractivity contribution in [2.24, 2.45) is 5.92 Å². The highest BCUT2D eigenvalue weighted by Gasteiger charge is 2.32. The van der Waals surface area contributed by atoms with E-state index in [0.29, 0.717) is 11.6 Å². The van der Waals surface area contributed by atoms with Crippen molar-refractivity contribution in [1.82, 2.24) is 10.2 Å². The molecule has 1 heterocycles. The summed E-state index contributed by atoms with van der Waals surface area (Å²) in [5.41, 5.74) is 0.529. The number of likely N-dealkylation sites (tertiary alicyclic amines) is 1. The molecule has 2 rings (SSSR count). The molecule has 0 radical (unpaired) electrons. The summed E-state index contributed by atoms with van der Waals surface area (Å²) in [7, 11) is 0. The van der Waals surface area contributed by atoms with E-state index >= 15 is 0 Å². The normalized spacial score (nSPS) is 19.5. The van der Waals surface area contributed by atoms with Crippen LogP contribution >= 0.6 is 11.6 Å². The van der Waals surface area contributed by atoms with Crippen molar-refractivity contribution in [2.75, 3.05) is 19.6 Å². The first-order chi connectivity index (χ1) is 11.6. The van der Waals surface area contributed by atoms with Gasteiger partial charge >= 0.3 is 5.97 Å². The Balaban J connectivity index is 1.79. The van der Waals surface area contributed by atoms with Gasteiger partial charge in [-0.25, -0.2) is 0 Å². The number of rotatable bonds is 5. The highest BCUT2D eigenvalue weighted by Crippen LogP contribution is 2.21. The maximum absolute atomic E-state index is 12.3. The third kappa shape index (κ3) is 6.33. The van der Waals surface area contributed by atoms with Gasteiger partial charge in [-0.15, -0.1) is 0 Å². The summed E-state index contributed by atoms with van der Waals surface area (Å²) >= 11 is 5.88. The van der Waals surface area contributed by atoms with Crippen molar-refractivity contribution in [3.05, 3.63) is 34.9 Å². The predicted molar refractivity (Wildman–Crippen MR) is 98.4 cm³/mol. The lowest BCUT2D eigenvalue weighted by molar-refractivity contribution is -0.159. The second kappa shape index (κ2) is 8.19. The van der Waals surface area contributed by atoms with Crippen molar-refractivity contribution in [1.29, 1.82) is 0 Å². The molecule has 0 aromatic heterocycles. The Hall–Kier alpha value is -1.59. The van der Waals surface area contributed by atoms with Crippen LogP contribution in [0.4, 0.5) is 0 Å². The third-order valence-corrected chi connectivity index (χ3v) is 4.38. The van der Waals surface area contributed by atoms with Crippen LogP contribution in [-0.2, 0) is 14.3 Å². The molecule has 1 fully saturated rings. The molecular weight excluding hydrogens is 340 g/mol. The Morgan fingerprint density at radius 1 is 1.32 bits per heavy atom. The average molecular weight is 367 g/mol. The van der Waals surface area contributed by atoms with E-state index in [0.717, 1.165) is 18.5 Å². The van der Waals surface area contributed by atoms with Crippen LogP contribution in [0.3, 0.4) is 0 Å². The number of nitrogens with one attached hydrogen (secondary N) is 1. The molecule has 0 unspecified atom stereocenters. The average Bonchev–Trinajstić information content (AvgIpc) is 2.94. The Kier molecular flexibility index (Phi) is 6.47. The van der Waals surface area contributed by atoms with Gasteiger partial charge in [0.15, 0.2) is 0 Å². The quantitative estimate of drug-likeness (QED) is 0.813. The minimum absolute atomic E-state index is 0.0488. The van der Waals surface area contributed by atoms with E-state index < -0.39 is 5.60 Å². The Labute approximate surface area is 154 Å². The molecule has 1 saturated heterocycles. The Morgan fingerprint density at radius 2 is 1.96 bits per heavy atom. The van der Waals surface area contributed by atoms with Gasteiger partial charge in [0.25, 0.3) is 0 Å². The predicted octanol–water partition coefficient (Wildman–Crippen LogP) is 3.18. The van der Waals surface area contributed by atoms with Crippen LogP contribution in [0.5, 0.6) is 0 Å². The molecule has 0 aliphatic carbocycles. The van der Waals surface area contributed by atoms with E-state index in [4.69, 9.17) is 16.3 Å². The molecule has 138 valence electrons. The summed E-state index contributed by atoms with van der Waals surface area (Å²) in [5.74, 6) is -0.377. The lowest BCUT2D eigenvalue weighted by Crippen LogP contribution is -2.38. The van der Waals surface area contributed by atoms with Crippen molar-refractivity contribution in [3.8, 4) is 0 Å². The Morgan fingerprint density at radius 3 is 2.56 bits per heavy atom. The number of hydrogen-bond acceptors (Lipinski definition) is 4. The van der Waals surface area contributed by atoms with Crippen LogP contribution in [0.1, 0.15) is 45.7 Å². The molecule has 1 aromatic rings. The number of ether oxygens (including phenoxy) is 1. The van der Waals surface area contributed by atoms with E-state index in [2.05, 4.69) is 5.32 Å². The van der Waals surface area contributed by atoms with Gasteiger partial charge in [0.1, 0.15) is 5.60 Å². The molecule has 1 aliphatic rings. The van der Waals surface area contributed by atoms with Gasteiger partial charge < -0.3 is 10.1 Å². The van der Waals surface area contributed by atoms with Crippen LogP contribution in [0.2, 0.25) is 5.02 Å². The number of carbonyl (C=O) groups is 2. The molecule has 5 nitrogen and oxygen atoms in total. The summed E-state index contributed by atoms with van der Waals surface area (Å²) in [6.45, 7) is 9.12. The van der Waals surface area contributed by atoms with Crippen molar-refractivity contribution >= 4 is 23.5 Å². The molecule has 6 heteroatoms. The second-order valence-corrected chi connectivity index (χ2v) is 8.03. The number of amides is 1. The standard InChI is InChI=1S/C19H27ClN2O3/c1-13(14-5-7-16(20)8-6-14)21-17(23)12-22-10-9-15(11-22)18(24)25-19(2,3)4/h5-8,13,15H,9-12H2,1-4H3,(H,21,23)/t13-,15+/m0/s1. The van der Waals surface area contributed by atoms with Gasteiger partial charge in [-0.05, 0) is 58.4 Å². The summed E-state index contributed by atoms with van der Waals surface area (Å²) < 4.78 is 5.43. The smallest absolute Gasteiger partial charge is 0.310 e. The summed E-state index contributed by atoms with van der Waals surface area (Å²) in [4.78, 5) is 26.4. The van der Waals surface area contributed by atoms with Gasteiger partial charge in [0, 0.05) is 11.6 Å². The van der Waals surface area contributed by atoms with E-state index in [1.807, 2.05) is 56.9 Å². The maximum Gasteiger partial charge on any atom is 0.310 e. The van der Waals surface area contributed by atoms with Crippen LogP contribution in [0.25, 0.3) is 0 Å². The molecule has 1 amide bonds. The number of esters is 1. The summed E-state index contributed by atoms with van der Waals surface area (Å²) in [6.07, 6.45) is 0.731. The van der Waals surface area contributed by atoms with Gasteiger partial charge in [-0.1, -0.05) is 23.7 Å². The van der Waals surface area contributed by atoms with Crippen molar-refractivity contribution < 1.29 is 14.3 Å². The van der Waals surface area contributed by atoms with Gasteiger partial charge in [-0.2, -0.15) is 0 Å². The van der Waals surface area contributed by atoms with E-state index in [9.17, 15) is 9.59 Å². The monoisotopic (exact) mass is 366 g/mol. The number of carbonyl (C=O) groups excluding carboxylic acids is 2. The second-order valence-electron chi connectivity index (χ2n) is 7.59. The molecule has 1 aliphatic heterocycles. The minimum atomic E-state index is -0.476. The topological polar surface area (TPSA) is 58.6 Å². The number of hydrogen-bond donors (Lipinski definition) is 1.